The van der Waals surface area contributed by atoms with Gasteiger partial charge >= 0.3 is 0 Å². The second-order valence-electron chi connectivity index (χ2n) is 1.30. The number of anilines is 1. The fourth-order valence-electron chi connectivity index (χ4n) is 0.369. The first-order valence-corrected chi connectivity index (χ1v) is 2.14. The Balaban J connectivity index is 2.84. The van der Waals surface area contributed by atoms with Crippen LogP contribution in [0, 0.1) is 0 Å². The summed E-state index contributed by atoms with van der Waals surface area (Å²) < 4.78 is 4.59. The van der Waals surface area contributed by atoms with E-state index < -0.39 is 0 Å². The molecule has 0 atom stereocenters. The lowest BCUT2D eigenvalue weighted by Gasteiger charge is -1.77. The second-order valence-corrected chi connectivity index (χ2v) is 1.30. The average Bonchev–Trinajstić information content (AvgIpc) is 2.14. The van der Waals surface area contributed by atoms with Crippen molar-refractivity contribution in [3.63, 3.8) is 0 Å². The van der Waals surface area contributed by atoms with Gasteiger partial charge in [0.25, 0.3) is 12.1 Å². The summed E-state index contributed by atoms with van der Waals surface area (Å²) >= 11 is 0. The van der Waals surface area contributed by atoms with E-state index >= 15 is 0 Å². The maximum absolute atomic E-state index is 5.13. The minimum Gasteiger partial charge on any atom is -0.352 e. The largest absolute Gasteiger partial charge is 0.352 e. The summed E-state index contributed by atoms with van der Waals surface area (Å²) in [5.41, 5.74) is 0. The highest BCUT2D eigenvalue weighted by Gasteiger charge is 2.02. The summed E-state index contributed by atoms with van der Waals surface area (Å²) in [6.45, 7) is 0. The third kappa shape index (κ3) is 0.699. The van der Waals surface area contributed by atoms with Crippen LogP contribution in [0.5, 0.6) is 0 Å². The van der Waals surface area contributed by atoms with E-state index in [2.05, 4.69) is 15.1 Å². The molecule has 44 valence electrons. The normalized spacial score (nSPS) is 9.12. The maximum atomic E-state index is 5.13. The number of nitrogen functional groups attached to an aromatic ring is 1. The first kappa shape index (κ1) is 4.89. The van der Waals surface area contributed by atoms with Crippen LogP contribution in [-0.4, -0.2) is 12.3 Å². The molecule has 3 N–H and O–H groups in total. The van der Waals surface area contributed by atoms with Crippen LogP contribution in [-0.2, 0) is 0 Å². The molecule has 0 saturated heterocycles. The average molecular weight is 115 g/mol. The third-order valence-corrected chi connectivity index (χ3v) is 0.729. The van der Waals surface area contributed by atoms with Gasteiger partial charge in [0.2, 0.25) is 5.27 Å². The van der Waals surface area contributed by atoms with Crippen molar-refractivity contribution < 1.29 is 9.31 Å². The molecule has 0 unspecified atom stereocenters. The highest BCUT2D eigenvalue weighted by molar-refractivity contribution is 5.20. The molecule has 0 spiro atoms. The van der Waals surface area contributed by atoms with Crippen LogP contribution < -0.4 is 16.0 Å². The van der Waals surface area contributed by atoms with Crippen molar-refractivity contribution in [3.05, 3.63) is 6.20 Å². The van der Waals surface area contributed by atoms with Crippen LogP contribution in [0.15, 0.2) is 10.7 Å². The lowest BCUT2D eigenvalue weighted by Crippen LogP contribution is -2.45. The summed E-state index contributed by atoms with van der Waals surface area (Å²) in [6, 6.07) is 0. The van der Waals surface area contributed by atoms with E-state index in [9.17, 15) is 0 Å². The minimum atomic E-state index is 0.549. The predicted octanol–water partition coefficient (Wildman–Crippen LogP) is -1.28. The molecule has 0 aliphatic rings. The van der Waals surface area contributed by atoms with E-state index in [0.29, 0.717) is 5.88 Å². The van der Waals surface area contributed by atoms with Gasteiger partial charge in [0.1, 0.15) is 0 Å². The van der Waals surface area contributed by atoms with E-state index in [1.54, 1.807) is 7.05 Å². The van der Waals surface area contributed by atoms with Crippen molar-refractivity contribution in [3.8, 4) is 0 Å². The highest BCUT2D eigenvalue weighted by atomic mass is 16.5. The molecule has 0 bridgehead atoms. The summed E-state index contributed by atoms with van der Waals surface area (Å²) in [4.78, 5) is 1.09. The van der Waals surface area contributed by atoms with Crippen molar-refractivity contribution in [2.75, 3.05) is 18.2 Å². The fraction of sp³-hybridized carbons (Fsp3) is 0.333. The van der Waals surface area contributed by atoms with E-state index in [1.165, 1.54) is 6.20 Å². The molecule has 0 radical (unpaired) electrons. The van der Waals surface area contributed by atoms with E-state index in [0.717, 1.165) is 4.79 Å². The van der Waals surface area contributed by atoms with Gasteiger partial charge in [-0.05, 0) is 0 Å². The van der Waals surface area contributed by atoms with Crippen LogP contribution in [0.2, 0.25) is 0 Å². The Kier molecular flexibility index (Phi) is 1.03. The molecule has 0 aliphatic heterocycles. The molecule has 0 aromatic carbocycles. The first-order valence-electron chi connectivity index (χ1n) is 2.14. The van der Waals surface area contributed by atoms with Crippen molar-refractivity contribution in [2.45, 2.75) is 0 Å². The summed E-state index contributed by atoms with van der Waals surface area (Å²) in [5, 5.41) is 6.06. The summed E-state index contributed by atoms with van der Waals surface area (Å²) in [6.07, 6.45) is 1.53. The van der Waals surface area contributed by atoms with Crippen LogP contribution in [0.3, 0.4) is 0 Å². The minimum absolute atomic E-state index is 0.549. The van der Waals surface area contributed by atoms with Gasteiger partial charge < -0.3 is 5.32 Å². The predicted molar refractivity (Wildman–Crippen MR) is 26.4 cm³/mol. The maximum Gasteiger partial charge on any atom is 0.299 e. The molecule has 0 fully saturated rings. The molecular formula is C3H7N4O+. The number of hydrogen-bond donors (Lipinski definition) is 2. The Morgan fingerprint density at radius 1 is 2.00 bits per heavy atom. The van der Waals surface area contributed by atoms with Gasteiger partial charge in [0.05, 0.1) is 4.79 Å². The van der Waals surface area contributed by atoms with Gasteiger partial charge in [-0.2, -0.15) is 5.84 Å². The molecule has 1 rings (SSSR count). The summed E-state index contributed by atoms with van der Waals surface area (Å²) in [7, 11) is 1.72. The molecule has 8 heavy (non-hydrogen) atoms. The lowest BCUT2D eigenvalue weighted by molar-refractivity contribution is -0.709. The molecule has 0 amide bonds. The van der Waals surface area contributed by atoms with Crippen molar-refractivity contribution in [2.24, 2.45) is 0 Å². The number of aromatic nitrogens is 2. The third-order valence-electron chi connectivity index (χ3n) is 0.729. The number of rotatable bonds is 1. The van der Waals surface area contributed by atoms with Gasteiger partial charge in [0, 0.05) is 7.05 Å². The zero-order valence-electron chi connectivity index (χ0n) is 4.46. The number of nitrogens with one attached hydrogen (secondary N) is 1. The number of nitrogens with two attached hydrogens (primary N) is 1. The SMILES string of the molecule is CNc1c[n+](N)no1. The van der Waals surface area contributed by atoms with E-state index in [4.69, 9.17) is 5.84 Å². The van der Waals surface area contributed by atoms with Crippen molar-refractivity contribution in [1.82, 2.24) is 5.27 Å². The summed E-state index contributed by atoms with van der Waals surface area (Å²) in [5.74, 6) is 5.67. The molecule has 1 aromatic heterocycles. The highest BCUT2D eigenvalue weighted by Crippen LogP contribution is 1.94. The lowest BCUT2D eigenvalue weighted by atomic mass is 10.8. The molecule has 5 heteroatoms. The molecule has 1 heterocycles. The Hall–Kier alpha value is -1.26. The standard InChI is InChI=1S/C3H7N4O/c1-5-3-2-7(4)6-8-3/h2,5H,1H3,(H2,4,6)/q+1. The Morgan fingerprint density at radius 2 is 2.75 bits per heavy atom. The second kappa shape index (κ2) is 1.69. The van der Waals surface area contributed by atoms with E-state index in [-0.39, 0.29) is 0 Å². The Morgan fingerprint density at radius 3 is 3.00 bits per heavy atom. The van der Waals surface area contributed by atoms with Gasteiger partial charge in [-0.1, -0.05) is 0 Å². The van der Waals surface area contributed by atoms with Crippen LogP contribution in [0.1, 0.15) is 0 Å². The van der Waals surface area contributed by atoms with Gasteiger partial charge in [-0.25, -0.2) is 0 Å². The number of hydrogen-bond acceptors (Lipinski definition) is 4. The molecule has 1 aromatic rings. The van der Waals surface area contributed by atoms with E-state index in [1.807, 2.05) is 0 Å². The monoisotopic (exact) mass is 115 g/mol. The molecule has 5 nitrogen and oxygen atoms in total. The quantitative estimate of drug-likeness (QED) is 0.353. The first-order chi connectivity index (χ1) is 3.83. The molecular weight excluding hydrogens is 108 g/mol. The van der Waals surface area contributed by atoms with Crippen molar-refractivity contribution >= 4 is 5.88 Å². The smallest absolute Gasteiger partial charge is 0.299 e. The number of nitrogens with zero attached hydrogens (tertiary/aromatic N) is 2. The zero-order valence-corrected chi connectivity index (χ0v) is 4.46. The van der Waals surface area contributed by atoms with Gasteiger partial charge in [0.15, 0.2) is 0 Å². The topological polar surface area (TPSA) is 68.0 Å². The Bertz CT molecular complexity index is 172. The Labute approximate surface area is 46.0 Å². The van der Waals surface area contributed by atoms with Crippen LogP contribution in [0.25, 0.3) is 0 Å². The molecule has 0 aliphatic carbocycles. The van der Waals surface area contributed by atoms with Gasteiger partial charge in [-0.3, -0.25) is 4.52 Å². The fourth-order valence-corrected chi connectivity index (χ4v) is 0.369. The zero-order chi connectivity index (χ0) is 5.98. The van der Waals surface area contributed by atoms with Crippen LogP contribution >= 0.6 is 0 Å². The molecule has 0 saturated carbocycles. The van der Waals surface area contributed by atoms with Crippen LogP contribution in [0.4, 0.5) is 5.88 Å². The van der Waals surface area contributed by atoms with Gasteiger partial charge in [-0.15, -0.1) is 0 Å². The van der Waals surface area contributed by atoms with Crippen molar-refractivity contribution in [1.29, 1.82) is 0 Å².